The Hall–Kier alpha value is -3.52. The van der Waals surface area contributed by atoms with E-state index in [4.69, 9.17) is 20.5 Å². The van der Waals surface area contributed by atoms with Crippen LogP contribution >= 0.6 is 18.1 Å². The van der Waals surface area contributed by atoms with Crippen LogP contribution in [0.4, 0.5) is 18.0 Å². The number of hydrogen-bond acceptors (Lipinski definition) is 7. The van der Waals surface area contributed by atoms with Crippen LogP contribution in [0.15, 0.2) is 85.0 Å². The summed E-state index contributed by atoms with van der Waals surface area (Å²) in [4.78, 5) is 42.5. The van der Waals surface area contributed by atoms with Gasteiger partial charge >= 0.3 is 25.0 Å². The van der Waals surface area contributed by atoms with Crippen LogP contribution in [0, 0.1) is 11.8 Å². The molecule has 6 atom stereocenters. The number of allylic oxidation sites excluding steroid dienone is 3. The highest BCUT2D eigenvalue weighted by Crippen LogP contribution is 2.57. The molecular weight excluding hydrogens is 746 g/mol. The highest BCUT2D eigenvalue weighted by molar-refractivity contribution is 7.83. The van der Waals surface area contributed by atoms with Crippen molar-refractivity contribution in [2.24, 2.45) is 11.8 Å². The number of amides is 4. The lowest BCUT2D eigenvalue weighted by molar-refractivity contribution is -0.186. The number of carbonyl (C=O) groups excluding carboxylic acids is 3. The van der Waals surface area contributed by atoms with E-state index in [1.165, 1.54) is 4.67 Å². The van der Waals surface area contributed by atoms with E-state index in [-0.39, 0.29) is 57.5 Å². The van der Waals surface area contributed by atoms with Crippen molar-refractivity contribution < 1.29 is 41.4 Å². The van der Waals surface area contributed by atoms with Crippen LogP contribution in [0.25, 0.3) is 0 Å². The van der Waals surface area contributed by atoms with E-state index in [0.29, 0.717) is 11.3 Å². The number of carbonyl (C=O) groups is 3. The van der Waals surface area contributed by atoms with Crippen LogP contribution in [0.5, 0.6) is 0 Å². The van der Waals surface area contributed by atoms with Gasteiger partial charge in [-0.25, -0.2) is 9.46 Å². The Bertz CT molecular complexity index is 1740. The van der Waals surface area contributed by atoms with Gasteiger partial charge in [-0.3, -0.25) is 29.3 Å². The van der Waals surface area contributed by atoms with Gasteiger partial charge < -0.3 is 14.2 Å². The SMILES string of the molecule is CC1C(=O)NC(=O)N(C2CN(C(c3ccccc3)(c3ccccc3)C3C=CC=CC3)CC(COP(=O)(Cl)N3CCC(N(C)C(=O)C(F)(F)F)CC3)O2)C1C. The van der Waals surface area contributed by atoms with Crippen LogP contribution in [0.2, 0.25) is 0 Å². The Kier molecular flexibility index (Phi) is 12.1. The molecule has 6 rings (SSSR count). The second-order valence-corrected chi connectivity index (χ2v) is 17.4. The van der Waals surface area contributed by atoms with Crippen LogP contribution in [0.3, 0.4) is 0 Å². The number of morpholine rings is 1. The molecule has 3 aliphatic heterocycles. The first-order valence-corrected chi connectivity index (χ1v) is 20.6. The number of urea groups is 1. The molecule has 0 bridgehead atoms. The molecule has 2 aromatic carbocycles. The lowest BCUT2D eigenvalue weighted by atomic mass is 9.69. The number of imide groups is 1. The summed E-state index contributed by atoms with van der Waals surface area (Å²) in [5.74, 6) is -2.90. The van der Waals surface area contributed by atoms with Gasteiger partial charge in [0.05, 0.1) is 24.2 Å². The van der Waals surface area contributed by atoms with Gasteiger partial charge in [-0.2, -0.15) is 13.2 Å². The minimum Gasteiger partial charge on any atom is -0.350 e. The zero-order valence-electron chi connectivity index (χ0n) is 30.4. The van der Waals surface area contributed by atoms with Crippen molar-refractivity contribution in [3.63, 3.8) is 0 Å². The molecule has 4 aliphatic rings. The largest absolute Gasteiger partial charge is 0.471 e. The van der Waals surface area contributed by atoms with E-state index in [1.807, 2.05) is 55.5 Å². The highest BCUT2D eigenvalue weighted by atomic mass is 35.7. The van der Waals surface area contributed by atoms with Crippen LogP contribution in [-0.2, 0) is 29.0 Å². The van der Waals surface area contributed by atoms with E-state index >= 15 is 0 Å². The van der Waals surface area contributed by atoms with Crippen molar-refractivity contribution in [1.29, 1.82) is 0 Å². The maximum Gasteiger partial charge on any atom is 0.471 e. The number of nitrogens with zero attached hydrogens (tertiary/aromatic N) is 4. The Morgan fingerprint density at radius 3 is 2.17 bits per heavy atom. The lowest BCUT2D eigenvalue weighted by Crippen LogP contribution is -2.68. The first-order valence-electron chi connectivity index (χ1n) is 18.2. The molecule has 0 radical (unpaired) electrons. The van der Waals surface area contributed by atoms with Crippen molar-refractivity contribution in [1.82, 2.24) is 24.7 Å². The maximum atomic E-state index is 13.9. The van der Waals surface area contributed by atoms with Gasteiger partial charge in [0, 0.05) is 51.2 Å². The normalized spacial score (nSPS) is 27.4. The number of benzene rings is 2. The topological polar surface area (TPSA) is 112 Å². The summed E-state index contributed by atoms with van der Waals surface area (Å²) in [5, 5.41) is 2.47. The standard InChI is InChI=1S/C38H46ClF3N5O6P/c1-26-27(2)47(36(50)43-34(26)48)33-24-45(37(28-13-7-4-8-14-28,29-15-9-5-10-16-29)30-17-11-6-12-18-30)23-32(53-33)25-52-54(39,51)46-21-19-31(20-22-46)44(3)35(49)38(40,41)42/h4-17,26-27,30-33H,18-25H2,1-3H3,(H,43,48,50). The number of halogens is 4. The number of alkyl halides is 3. The number of nitrogens with one attached hydrogen (secondary N) is 1. The minimum atomic E-state index is -4.99. The third kappa shape index (κ3) is 8.06. The van der Waals surface area contributed by atoms with E-state index < -0.39 is 60.9 Å². The molecule has 6 unspecified atom stereocenters. The molecule has 16 heteroatoms. The van der Waals surface area contributed by atoms with Crippen LogP contribution < -0.4 is 5.32 Å². The van der Waals surface area contributed by atoms with Crippen molar-refractivity contribution in [2.45, 2.75) is 69.2 Å². The predicted octanol–water partition coefficient (Wildman–Crippen LogP) is 6.51. The van der Waals surface area contributed by atoms with E-state index in [2.05, 4.69) is 46.6 Å². The molecule has 3 heterocycles. The average molecular weight is 792 g/mol. The van der Waals surface area contributed by atoms with Gasteiger partial charge in [-0.1, -0.05) is 91.9 Å². The minimum absolute atomic E-state index is 0.0469. The van der Waals surface area contributed by atoms with Crippen molar-refractivity contribution in [3.8, 4) is 0 Å². The fourth-order valence-corrected chi connectivity index (χ4v) is 10.1. The second kappa shape index (κ2) is 16.3. The van der Waals surface area contributed by atoms with E-state index in [9.17, 15) is 32.1 Å². The number of piperidine rings is 1. The monoisotopic (exact) mass is 791 g/mol. The fourth-order valence-electron chi connectivity index (χ4n) is 8.24. The number of ether oxygens (including phenoxy) is 1. The zero-order chi connectivity index (χ0) is 38.8. The van der Waals surface area contributed by atoms with Gasteiger partial charge in [0.1, 0.15) is 6.23 Å². The summed E-state index contributed by atoms with van der Waals surface area (Å²) in [6, 6.07) is 18.4. The maximum absolute atomic E-state index is 13.9. The van der Waals surface area contributed by atoms with Crippen molar-refractivity contribution in [3.05, 3.63) is 96.1 Å². The molecule has 54 heavy (non-hydrogen) atoms. The molecule has 4 amide bonds. The Morgan fingerprint density at radius 1 is 1.00 bits per heavy atom. The second-order valence-electron chi connectivity index (χ2n) is 14.3. The van der Waals surface area contributed by atoms with Gasteiger partial charge in [0.25, 0.3) is 0 Å². The number of hydrogen-bond donors (Lipinski definition) is 1. The molecule has 2 aromatic rings. The molecule has 0 saturated carbocycles. The third-order valence-electron chi connectivity index (χ3n) is 11.3. The van der Waals surface area contributed by atoms with Gasteiger partial charge in [0.2, 0.25) is 5.91 Å². The molecule has 11 nitrogen and oxygen atoms in total. The molecule has 1 aliphatic carbocycles. The quantitative estimate of drug-likeness (QED) is 0.271. The highest BCUT2D eigenvalue weighted by Gasteiger charge is 2.52. The molecule has 292 valence electrons. The first kappa shape index (κ1) is 40.2. The Morgan fingerprint density at radius 2 is 1.61 bits per heavy atom. The van der Waals surface area contributed by atoms with Crippen LogP contribution in [0.1, 0.15) is 44.2 Å². The van der Waals surface area contributed by atoms with Crippen molar-refractivity contribution in [2.75, 3.05) is 39.8 Å². The van der Waals surface area contributed by atoms with Gasteiger partial charge in [-0.15, -0.1) is 0 Å². The molecular formula is C38H46ClF3N5O6P. The smallest absolute Gasteiger partial charge is 0.350 e. The third-order valence-corrected chi connectivity index (χ3v) is 13.7. The predicted molar refractivity (Wildman–Crippen MR) is 197 cm³/mol. The lowest BCUT2D eigenvalue weighted by Gasteiger charge is -2.55. The summed E-state index contributed by atoms with van der Waals surface area (Å²) >= 11 is 6.60. The first-order chi connectivity index (χ1) is 25.6. The molecule has 3 fully saturated rings. The zero-order valence-corrected chi connectivity index (χ0v) is 32.1. The average Bonchev–Trinajstić information content (AvgIpc) is 3.17. The summed E-state index contributed by atoms with van der Waals surface area (Å²) in [5.41, 5.74) is 1.25. The van der Waals surface area contributed by atoms with Gasteiger partial charge in [0.15, 0.2) is 0 Å². The Labute approximate surface area is 318 Å². The van der Waals surface area contributed by atoms with Crippen molar-refractivity contribution >= 4 is 36.0 Å². The fraction of sp³-hybridized carbons (Fsp3) is 0.500. The molecule has 0 spiro atoms. The summed E-state index contributed by atoms with van der Waals surface area (Å²) in [6.07, 6.45) is 2.68. The Balaban J connectivity index is 1.32. The summed E-state index contributed by atoms with van der Waals surface area (Å²) in [7, 11) is 1.11. The van der Waals surface area contributed by atoms with Gasteiger partial charge in [-0.05, 0) is 48.6 Å². The summed E-state index contributed by atoms with van der Waals surface area (Å²) in [6.45, 7) is -0.0791. The number of rotatable bonds is 10. The van der Waals surface area contributed by atoms with E-state index in [1.54, 1.807) is 11.8 Å². The molecule has 0 aromatic heterocycles. The summed E-state index contributed by atoms with van der Waals surface area (Å²) < 4.78 is 67.2. The van der Waals surface area contributed by atoms with E-state index in [0.717, 1.165) is 18.2 Å². The molecule has 1 N–H and O–H groups in total. The molecule has 3 saturated heterocycles. The van der Waals surface area contributed by atoms with Crippen LogP contribution in [-0.4, -0.2) is 108 Å².